The highest BCUT2D eigenvalue weighted by molar-refractivity contribution is 6.06. The fourth-order valence-electron chi connectivity index (χ4n) is 8.95. The van der Waals surface area contributed by atoms with Crippen molar-refractivity contribution in [1.82, 2.24) is 25.3 Å². The van der Waals surface area contributed by atoms with E-state index < -0.39 is 58.6 Å². The number of rotatable bonds is 15. The molecule has 2 aliphatic carbocycles. The molecule has 3 aromatic rings. The molecule has 1 saturated carbocycles. The van der Waals surface area contributed by atoms with Crippen molar-refractivity contribution in [3.05, 3.63) is 70.0 Å². The normalized spacial score (nSPS) is 20.7. The Labute approximate surface area is 361 Å². The van der Waals surface area contributed by atoms with Crippen LogP contribution in [0.15, 0.2) is 36.4 Å². The van der Waals surface area contributed by atoms with Crippen molar-refractivity contribution >= 4 is 52.7 Å². The largest absolute Gasteiger partial charge is 0.461 e. The van der Waals surface area contributed by atoms with Crippen LogP contribution < -0.4 is 27.0 Å². The van der Waals surface area contributed by atoms with E-state index in [4.69, 9.17) is 10.5 Å². The summed E-state index contributed by atoms with van der Waals surface area (Å²) in [5.41, 5.74) is 6.34. The van der Waals surface area contributed by atoms with Gasteiger partial charge in [-0.2, -0.15) is 18.3 Å². The number of hydrogen-bond acceptors (Lipinski definition) is 11. The van der Waals surface area contributed by atoms with Crippen LogP contribution in [0.25, 0.3) is 5.69 Å². The number of benzene rings is 2. The summed E-state index contributed by atoms with van der Waals surface area (Å²) in [5.74, 6) is -3.26. The zero-order valence-corrected chi connectivity index (χ0v) is 35.1. The maximum absolute atomic E-state index is 14.1. The van der Waals surface area contributed by atoms with E-state index >= 15 is 0 Å². The number of hydrogen-bond donors (Lipinski definition) is 5. The first-order chi connectivity index (χ1) is 29.9. The van der Waals surface area contributed by atoms with Crippen LogP contribution in [0, 0.1) is 5.41 Å². The second-order valence-corrected chi connectivity index (χ2v) is 17.5. The first kappa shape index (κ1) is 44.8. The molecule has 1 atom stereocenters. The number of alkyl halides is 3. The van der Waals surface area contributed by atoms with Crippen molar-refractivity contribution in [3.63, 3.8) is 0 Å². The molecule has 1 saturated heterocycles. The van der Waals surface area contributed by atoms with Gasteiger partial charge in [0.2, 0.25) is 17.7 Å². The minimum absolute atomic E-state index is 0.0429. The highest BCUT2D eigenvalue weighted by Gasteiger charge is 2.46. The zero-order chi connectivity index (χ0) is 45.2. The number of aromatic nitrogens is 2. The Morgan fingerprint density at radius 2 is 1.73 bits per heavy atom. The number of carbonyl (C=O) groups excluding carboxylic acids is 7. The number of anilines is 2. The van der Waals surface area contributed by atoms with E-state index in [0.29, 0.717) is 49.9 Å². The maximum atomic E-state index is 14.1. The number of unbranched alkanes of at least 4 members (excludes halogenated alkanes) is 2. The number of fused-ring (bicyclic) bond motifs is 2. The first-order valence-electron chi connectivity index (χ1n) is 21.3. The molecule has 7 rings (SSSR count). The number of Topliss-reactive ketones (excluding diaryl/α,β-unsaturated/α-hetero) is 1. The quantitative estimate of drug-likeness (QED) is 0.0780. The van der Waals surface area contributed by atoms with Crippen molar-refractivity contribution in [2.75, 3.05) is 23.7 Å². The van der Waals surface area contributed by atoms with Crippen LogP contribution in [-0.4, -0.2) is 87.2 Å². The zero-order valence-electron chi connectivity index (χ0n) is 35.1. The number of primary amides is 1. The lowest BCUT2D eigenvalue weighted by atomic mass is 9.75. The summed E-state index contributed by atoms with van der Waals surface area (Å²) >= 11 is 0. The van der Waals surface area contributed by atoms with Gasteiger partial charge in [-0.3, -0.25) is 38.9 Å². The van der Waals surface area contributed by atoms with E-state index in [-0.39, 0.29) is 85.9 Å². The van der Waals surface area contributed by atoms with Gasteiger partial charge >= 0.3 is 12.1 Å². The highest BCUT2D eigenvalue weighted by Crippen LogP contribution is 2.42. The molecule has 3 heterocycles. The van der Waals surface area contributed by atoms with E-state index in [1.54, 1.807) is 12.1 Å². The lowest BCUT2D eigenvalue weighted by Gasteiger charge is -2.30. The van der Waals surface area contributed by atoms with Crippen molar-refractivity contribution in [1.29, 1.82) is 0 Å². The van der Waals surface area contributed by atoms with Crippen molar-refractivity contribution < 1.29 is 51.5 Å². The number of nitrogens with two attached hydrogens (primary N) is 1. The van der Waals surface area contributed by atoms with Crippen LogP contribution in [0.1, 0.15) is 133 Å². The van der Waals surface area contributed by atoms with Crippen LogP contribution in [0.4, 0.5) is 24.5 Å². The van der Waals surface area contributed by atoms with Crippen LogP contribution in [0.2, 0.25) is 0 Å². The number of halogens is 3. The number of ether oxygens (including phenoxy) is 1. The molecule has 5 amide bonds. The number of nitrogens with one attached hydrogen (secondary N) is 4. The molecular weight excluding hydrogens is 826 g/mol. The molecular formula is C44H51F3N8O8. The Hall–Kier alpha value is -6.27. The fraction of sp³-hybridized carbons (Fsp3) is 0.500. The third-order valence-electron chi connectivity index (χ3n) is 12.1. The van der Waals surface area contributed by atoms with Gasteiger partial charge < -0.3 is 31.3 Å². The number of piperidine rings is 1. The van der Waals surface area contributed by atoms with Crippen molar-refractivity contribution in [3.8, 4) is 5.69 Å². The van der Waals surface area contributed by atoms with Crippen molar-refractivity contribution in [2.24, 2.45) is 11.1 Å². The Balaban J connectivity index is 0.828. The molecule has 2 aliphatic heterocycles. The van der Waals surface area contributed by atoms with Gasteiger partial charge in [0.15, 0.2) is 11.5 Å². The molecule has 6 N–H and O–H groups in total. The number of amides is 5. The lowest BCUT2D eigenvalue weighted by molar-refractivity contribution is -0.150. The Kier molecular flexibility index (Phi) is 12.9. The second kappa shape index (κ2) is 18.2. The van der Waals surface area contributed by atoms with Gasteiger partial charge in [0.1, 0.15) is 18.7 Å². The second-order valence-electron chi connectivity index (χ2n) is 17.5. The Morgan fingerprint density at radius 1 is 0.968 bits per heavy atom. The van der Waals surface area contributed by atoms with Gasteiger partial charge in [-0.05, 0) is 87.1 Å². The summed E-state index contributed by atoms with van der Waals surface area (Å²) < 4.78 is 48.9. The summed E-state index contributed by atoms with van der Waals surface area (Å²) in [6.07, 6.45) is -0.328. The fourth-order valence-corrected chi connectivity index (χ4v) is 8.95. The van der Waals surface area contributed by atoms with Gasteiger partial charge in [0, 0.05) is 60.9 Å². The molecule has 2 fully saturated rings. The minimum Gasteiger partial charge on any atom is -0.461 e. The molecule has 0 spiro atoms. The molecule has 63 heavy (non-hydrogen) atoms. The highest BCUT2D eigenvalue weighted by atomic mass is 19.4. The molecule has 336 valence electrons. The lowest BCUT2D eigenvalue weighted by Crippen LogP contribution is -2.52. The third-order valence-corrected chi connectivity index (χ3v) is 12.1. The average Bonchev–Trinajstić information content (AvgIpc) is 3.77. The van der Waals surface area contributed by atoms with Gasteiger partial charge in [-0.25, -0.2) is 4.68 Å². The summed E-state index contributed by atoms with van der Waals surface area (Å²) in [6.45, 7) is 4.19. The topological polar surface area (TPSA) is 224 Å². The van der Waals surface area contributed by atoms with Crippen LogP contribution in [0.5, 0.6) is 0 Å². The van der Waals surface area contributed by atoms with E-state index in [1.165, 1.54) is 23.1 Å². The Morgan fingerprint density at radius 3 is 2.44 bits per heavy atom. The summed E-state index contributed by atoms with van der Waals surface area (Å²) in [4.78, 5) is 89.0. The number of ketones is 1. The standard InChI is InChI=1S/C44H51F3N8O8/c1-43(2)20-33-38(34(56)21-43)39(44(45,46)47)53-55(33)25-12-15-28(40(48)60)31(19-25)51-24-10-13-26(14-11-24)63-37(59)22-50-35(57)9-4-3-5-18-49-30-8-6-7-27-29(30)23-54(42(27)62)32-16-17-36(58)52-41(32)61/h6-8,12,15,19,24,26,32,49,51H,3-5,9-11,13-14,16-18,20-23H2,1-2H3,(H2,48,60)(H,50,57)(H,52,58,61). The van der Waals surface area contributed by atoms with E-state index in [9.17, 15) is 46.7 Å². The molecule has 1 aromatic heterocycles. The summed E-state index contributed by atoms with van der Waals surface area (Å²) in [5, 5.41) is 15.4. The molecule has 19 heteroatoms. The smallest absolute Gasteiger partial charge is 0.435 e. The van der Waals surface area contributed by atoms with Gasteiger partial charge in [0.05, 0.1) is 22.5 Å². The van der Waals surface area contributed by atoms with E-state index in [1.807, 2.05) is 19.9 Å². The number of nitrogens with zero attached hydrogens (tertiary/aromatic N) is 3. The summed E-state index contributed by atoms with van der Waals surface area (Å²) in [6, 6.07) is 8.87. The molecule has 0 bridgehead atoms. The van der Waals surface area contributed by atoms with Crippen LogP contribution >= 0.6 is 0 Å². The monoisotopic (exact) mass is 876 g/mol. The average molecular weight is 877 g/mol. The predicted octanol–water partition coefficient (Wildman–Crippen LogP) is 4.96. The van der Waals surface area contributed by atoms with Gasteiger partial charge in [0.25, 0.3) is 11.8 Å². The predicted molar refractivity (Wildman–Crippen MR) is 222 cm³/mol. The molecule has 16 nitrogen and oxygen atoms in total. The Bertz CT molecular complexity index is 2330. The van der Waals surface area contributed by atoms with Gasteiger partial charge in [-0.1, -0.05) is 26.3 Å². The van der Waals surface area contributed by atoms with E-state index in [0.717, 1.165) is 28.8 Å². The first-order valence-corrected chi connectivity index (χ1v) is 21.3. The molecule has 0 radical (unpaired) electrons. The third kappa shape index (κ3) is 10.2. The number of esters is 1. The maximum Gasteiger partial charge on any atom is 0.435 e. The number of imide groups is 1. The van der Waals surface area contributed by atoms with Gasteiger partial charge in [-0.15, -0.1) is 0 Å². The molecule has 4 aliphatic rings. The van der Waals surface area contributed by atoms with Crippen molar-refractivity contribution in [2.45, 2.75) is 122 Å². The summed E-state index contributed by atoms with van der Waals surface area (Å²) in [7, 11) is 0. The molecule has 1 unspecified atom stereocenters. The molecule has 2 aromatic carbocycles. The minimum atomic E-state index is -4.85. The SMILES string of the molecule is CC1(C)CC(=O)c2c(C(F)(F)F)nn(-c3ccc(C(N)=O)c(NC4CCC(OC(=O)CNC(=O)CCCCCNc5cccc6c5CN(C5CCC(=O)NC5=O)C6=O)CC4)c3)c2C1. The number of carbonyl (C=O) groups is 7. The van der Waals surface area contributed by atoms with Crippen LogP contribution in [-0.2, 0) is 43.1 Å². The van der Waals surface area contributed by atoms with E-state index in [2.05, 4.69) is 26.4 Å². The van der Waals surface area contributed by atoms with Crippen LogP contribution in [0.3, 0.4) is 0 Å².